The molecule has 0 spiro atoms. The van der Waals surface area contributed by atoms with Gasteiger partial charge in [0, 0.05) is 19.2 Å². The summed E-state index contributed by atoms with van der Waals surface area (Å²) in [6, 6.07) is 0.417. The molecule has 0 amide bonds. The van der Waals surface area contributed by atoms with Crippen LogP contribution in [0.15, 0.2) is 0 Å². The lowest BCUT2D eigenvalue weighted by atomic mass is 10.1. The molecule has 66 valence electrons. The number of aliphatic hydroxyl groups is 1. The summed E-state index contributed by atoms with van der Waals surface area (Å²) in [4.78, 5) is 2.37. The molecular weight excluding hydrogens is 140 g/mol. The van der Waals surface area contributed by atoms with Crippen LogP contribution in [0.2, 0.25) is 0 Å². The van der Waals surface area contributed by atoms with E-state index in [0.717, 1.165) is 38.9 Å². The first-order valence-electron chi connectivity index (χ1n) is 4.41. The van der Waals surface area contributed by atoms with Crippen molar-refractivity contribution >= 4 is 0 Å². The first-order valence-corrected chi connectivity index (χ1v) is 4.41. The Morgan fingerprint density at radius 1 is 1.36 bits per heavy atom. The number of aliphatic hydroxyl groups excluding tert-OH is 1. The lowest BCUT2D eigenvalue weighted by Crippen LogP contribution is -2.40. The molecule has 1 aliphatic heterocycles. The molecule has 11 heavy (non-hydrogen) atoms. The molecule has 1 saturated heterocycles. The van der Waals surface area contributed by atoms with E-state index in [1.165, 1.54) is 0 Å². The van der Waals surface area contributed by atoms with E-state index in [1.807, 2.05) is 0 Å². The standard InChI is InChI=1S/C8H18N2O/c9-8-2-5-10(6-3-8)4-1-7-11/h8,11H,1-7,9H2. The van der Waals surface area contributed by atoms with Crippen LogP contribution in [-0.4, -0.2) is 42.3 Å². The summed E-state index contributed by atoms with van der Waals surface area (Å²) in [5.74, 6) is 0. The fourth-order valence-corrected chi connectivity index (χ4v) is 1.47. The smallest absolute Gasteiger partial charge is 0.0443 e. The van der Waals surface area contributed by atoms with Crippen LogP contribution < -0.4 is 5.73 Å². The van der Waals surface area contributed by atoms with Gasteiger partial charge in [-0.05, 0) is 32.4 Å². The van der Waals surface area contributed by atoms with Crippen molar-refractivity contribution in [3.8, 4) is 0 Å². The normalized spacial score (nSPS) is 22.4. The summed E-state index contributed by atoms with van der Waals surface area (Å²) >= 11 is 0. The van der Waals surface area contributed by atoms with E-state index in [4.69, 9.17) is 10.8 Å². The van der Waals surface area contributed by atoms with Crippen LogP contribution in [0.4, 0.5) is 0 Å². The van der Waals surface area contributed by atoms with Crippen molar-refractivity contribution in [1.82, 2.24) is 4.90 Å². The van der Waals surface area contributed by atoms with Gasteiger partial charge >= 0.3 is 0 Å². The molecule has 1 fully saturated rings. The number of piperidine rings is 1. The zero-order valence-corrected chi connectivity index (χ0v) is 7.00. The number of hydrogen-bond donors (Lipinski definition) is 2. The molecule has 1 aliphatic rings. The Kier molecular flexibility index (Phi) is 3.83. The highest BCUT2D eigenvalue weighted by Crippen LogP contribution is 2.07. The zero-order valence-electron chi connectivity index (χ0n) is 7.00. The molecular formula is C8H18N2O. The van der Waals surface area contributed by atoms with E-state index >= 15 is 0 Å². The van der Waals surface area contributed by atoms with Gasteiger partial charge in [-0.2, -0.15) is 0 Å². The second-order valence-electron chi connectivity index (χ2n) is 3.26. The van der Waals surface area contributed by atoms with Gasteiger partial charge in [0.05, 0.1) is 0 Å². The predicted octanol–water partition coefficient (Wildman–Crippen LogP) is -0.208. The van der Waals surface area contributed by atoms with Crippen LogP contribution >= 0.6 is 0 Å². The highest BCUT2D eigenvalue weighted by molar-refractivity contribution is 4.73. The van der Waals surface area contributed by atoms with E-state index in [-0.39, 0.29) is 0 Å². The first-order chi connectivity index (χ1) is 5.33. The summed E-state index contributed by atoms with van der Waals surface area (Å²) in [5, 5.41) is 8.60. The van der Waals surface area contributed by atoms with Gasteiger partial charge in [-0.15, -0.1) is 0 Å². The molecule has 0 aliphatic carbocycles. The summed E-state index contributed by atoms with van der Waals surface area (Å²) in [6.07, 6.45) is 3.13. The second kappa shape index (κ2) is 4.70. The van der Waals surface area contributed by atoms with Crippen molar-refractivity contribution < 1.29 is 5.11 Å². The molecule has 0 atom stereocenters. The topological polar surface area (TPSA) is 49.5 Å². The summed E-state index contributed by atoms with van der Waals surface area (Å²) < 4.78 is 0. The van der Waals surface area contributed by atoms with Gasteiger partial charge in [0.15, 0.2) is 0 Å². The molecule has 3 nitrogen and oxygen atoms in total. The Labute approximate surface area is 68.2 Å². The molecule has 0 aromatic rings. The Bertz CT molecular complexity index is 97.5. The van der Waals surface area contributed by atoms with E-state index in [2.05, 4.69) is 4.90 Å². The maximum Gasteiger partial charge on any atom is 0.0443 e. The highest BCUT2D eigenvalue weighted by atomic mass is 16.3. The number of likely N-dealkylation sites (tertiary alicyclic amines) is 1. The minimum absolute atomic E-state index is 0.308. The average Bonchev–Trinajstić information content (AvgIpc) is 2.04. The molecule has 0 saturated carbocycles. The SMILES string of the molecule is NC1CCN(CCCO)CC1. The van der Waals surface area contributed by atoms with Gasteiger partial charge in [-0.25, -0.2) is 0 Å². The van der Waals surface area contributed by atoms with Crippen molar-refractivity contribution in [2.24, 2.45) is 5.73 Å². The van der Waals surface area contributed by atoms with E-state index in [0.29, 0.717) is 12.6 Å². The van der Waals surface area contributed by atoms with Gasteiger partial charge in [0.2, 0.25) is 0 Å². The van der Waals surface area contributed by atoms with Crippen LogP contribution in [0.25, 0.3) is 0 Å². The van der Waals surface area contributed by atoms with Crippen molar-refractivity contribution in [2.75, 3.05) is 26.2 Å². The molecule has 1 heterocycles. The van der Waals surface area contributed by atoms with Crippen LogP contribution in [0, 0.1) is 0 Å². The summed E-state index contributed by atoms with van der Waals surface area (Å²) in [7, 11) is 0. The number of nitrogens with zero attached hydrogens (tertiary/aromatic N) is 1. The molecule has 0 unspecified atom stereocenters. The molecule has 3 heteroatoms. The third kappa shape index (κ3) is 3.18. The molecule has 0 aromatic carbocycles. The largest absolute Gasteiger partial charge is 0.396 e. The maximum atomic E-state index is 8.60. The minimum Gasteiger partial charge on any atom is -0.396 e. The predicted molar refractivity (Wildman–Crippen MR) is 45.4 cm³/mol. The highest BCUT2D eigenvalue weighted by Gasteiger charge is 2.14. The second-order valence-corrected chi connectivity index (χ2v) is 3.26. The Morgan fingerprint density at radius 3 is 2.55 bits per heavy atom. The van der Waals surface area contributed by atoms with Gasteiger partial charge in [0.1, 0.15) is 0 Å². The lowest BCUT2D eigenvalue weighted by Gasteiger charge is -2.29. The van der Waals surface area contributed by atoms with E-state index in [9.17, 15) is 0 Å². The average molecular weight is 158 g/mol. The van der Waals surface area contributed by atoms with Crippen molar-refractivity contribution in [1.29, 1.82) is 0 Å². The van der Waals surface area contributed by atoms with Crippen LogP contribution in [-0.2, 0) is 0 Å². The maximum absolute atomic E-state index is 8.60. The third-order valence-electron chi connectivity index (χ3n) is 2.26. The number of rotatable bonds is 3. The van der Waals surface area contributed by atoms with Gasteiger partial charge in [-0.3, -0.25) is 0 Å². The van der Waals surface area contributed by atoms with E-state index < -0.39 is 0 Å². The monoisotopic (exact) mass is 158 g/mol. The van der Waals surface area contributed by atoms with Crippen LogP contribution in [0.5, 0.6) is 0 Å². The summed E-state index contributed by atoms with van der Waals surface area (Å²) in [5.41, 5.74) is 5.75. The number of nitrogens with two attached hydrogens (primary N) is 1. The van der Waals surface area contributed by atoms with Crippen molar-refractivity contribution in [2.45, 2.75) is 25.3 Å². The van der Waals surface area contributed by atoms with Gasteiger partial charge in [0.25, 0.3) is 0 Å². The van der Waals surface area contributed by atoms with E-state index in [1.54, 1.807) is 0 Å². The van der Waals surface area contributed by atoms with Crippen molar-refractivity contribution in [3.63, 3.8) is 0 Å². The quantitative estimate of drug-likeness (QED) is 0.597. The minimum atomic E-state index is 0.308. The first kappa shape index (κ1) is 8.97. The molecule has 0 radical (unpaired) electrons. The molecule has 1 rings (SSSR count). The fourth-order valence-electron chi connectivity index (χ4n) is 1.47. The zero-order chi connectivity index (χ0) is 8.10. The summed E-state index contributed by atoms with van der Waals surface area (Å²) in [6.45, 7) is 3.56. The third-order valence-corrected chi connectivity index (χ3v) is 2.26. The molecule has 3 N–H and O–H groups in total. The Morgan fingerprint density at radius 2 is 2.00 bits per heavy atom. The molecule has 0 bridgehead atoms. The van der Waals surface area contributed by atoms with Gasteiger partial charge < -0.3 is 15.7 Å². The van der Waals surface area contributed by atoms with Crippen molar-refractivity contribution in [3.05, 3.63) is 0 Å². The fraction of sp³-hybridized carbons (Fsp3) is 1.00. The lowest BCUT2D eigenvalue weighted by molar-refractivity contribution is 0.188. The van der Waals surface area contributed by atoms with Crippen LogP contribution in [0.1, 0.15) is 19.3 Å². The Balaban J connectivity index is 2.07. The van der Waals surface area contributed by atoms with Crippen LogP contribution in [0.3, 0.4) is 0 Å². The van der Waals surface area contributed by atoms with Gasteiger partial charge in [-0.1, -0.05) is 0 Å². The molecule has 0 aromatic heterocycles. The Hall–Kier alpha value is -0.120. The number of hydrogen-bond acceptors (Lipinski definition) is 3.